The molecule has 0 saturated carbocycles. The van der Waals surface area contributed by atoms with Gasteiger partial charge in [-0.3, -0.25) is 9.69 Å². The zero-order valence-electron chi connectivity index (χ0n) is 18.9. The quantitative estimate of drug-likeness (QED) is 0.643. The van der Waals surface area contributed by atoms with Gasteiger partial charge < -0.3 is 14.2 Å². The van der Waals surface area contributed by atoms with Gasteiger partial charge in [-0.1, -0.05) is 38.1 Å². The average Bonchev–Trinajstić information content (AvgIpc) is 2.89. The van der Waals surface area contributed by atoms with Crippen LogP contribution in [0.1, 0.15) is 78.5 Å². The summed E-state index contributed by atoms with van der Waals surface area (Å²) < 4.78 is 16.7. The van der Waals surface area contributed by atoms with E-state index < -0.39 is 17.4 Å². The first-order valence-corrected chi connectivity index (χ1v) is 10.3. The summed E-state index contributed by atoms with van der Waals surface area (Å²) in [6, 6.07) is 7.53. The van der Waals surface area contributed by atoms with Crippen molar-refractivity contribution < 1.29 is 23.8 Å². The van der Waals surface area contributed by atoms with Crippen molar-refractivity contribution in [2.75, 3.05) is 13.2 Å². The summed E-state index contributed by atoms with van der Waals surface area (Å²) in [5.74, 6) is -0.412. The Labute approximate surface area is 174 Å². The van der Waals surface area contributed by atoms with Gasteiger partial charge in [0, 0.05) is 0 Å². The van der Waals surface area contributed by atoms with Gasteiger partial charge in [0.1, 0.15) is 11.3 Å². The van der Waals surface area contributed by atoms with E-state index in [1.54, 1.807) is 4.90 Å². The first-order valence-electron chi connectivity index (χ1n) is 10.3. The minimum absolute atomic E-state index is 0.118. The number of hydrogen-bond acceptors (Lipinski definition) is 5. The molecule has 6 heteroatoms. The molecule has 29 heavy (non-hydrogen) atoms. The van der Waals surface area contributed by atoms with E-state index in [-0.39, 0.29) is 23.8 Å². The normalized spacial score (nSPS) is 19.9. The fourth-order valence-electron chi connectivity index (χ4n) is 3.66. The van der Waals surface area contributed by atoms with Crippen LogP contribution in [-0.2, 0) is 19.0 Å². The Morgan fingerprint density at radius 3 is 2.28 bits per heavy atom. The molecule has 1 heterocycles. The van der Waals surface area contributed by atoms with Gasteiger partial charge in [0.05, 0.1) is 25.2 Å². The molecule has 1 unspecified atom stereocenters. The Balaban J connectivity index is 2.29. The Morgan fingerprint density at radius 2 is 1.79 bits per heavy atom. The second-order valence-electron chi connectivity index (χ2n) is 9.26. The first kappa shape index (κ1) is 23.2. The summed E-state index contributed by atoms with van der Waals surface area (Å²) in [5, 5.41) is 0. The summed E-state index contributed by atoms with van der Waals surface area (Å²) in [4.78, 5) is 26.9. The maximum Gasteiger partial charge on any atom is 0.413 e. The maximum absolute atomic E-state index is 12.8. The highest BCUT2D eigenvalue weighted by Crippen LogP contribution is 2.38. The van der Waals surface area contributed by atoms with E-state index >= 15 is 0 Å². The molecule has 1 saturated heterocycles. The predicted octanol–water partition coefficient (Wildman–Crippen LogP) is 5.03. The topological polar surface area (TPSA) is 65.1 Å². The van der Waals surface area contributed by atoms with Crippen LogP contribution in [0.3, 0.4) is 0 Å². The highest BCUT2D eigenvalue weighted by Gasteiger charge is 2.46. The number of hydrogen-bond donors (Lipinski definition) is 0. The zero-order chi connectivity index (χ0) is 22.0. The average molecular weight is 406 g/mol. The Morgan fingerprint density at radius 1 is 1.21 bits per heavy atom. The molecular weight excluding hydrogens is 370 g/mol. The number of benzene rings is 1. The molecule has 1 aliphatic rings. The summed E-state index contributed by atoms with van der Waals surface area (Å²) in [6.45, 7) is 15.8. The molecule has 0 aliphatic carbocycles. The minimum Gasteiger partial charge on any atom is -0.466 e. The van der Waals surface area contributed by atoms with Gasteiger partial charge in [-0.05, 0) is 58.6 Å². The Hall–Kier alpha value is -2.08. The molecule has 1 aliphatic heterocycles. The molecule has 1 amide bonds. The number of ether oxygens (including phenoxy) is 3. The molecule has 0 spiro atoms. The largest absolute Gasteiger partial charge is 0.466 e. The minimum atomic E-state index is -0.767. The molecule has 2 rings (SSSR count). The molecular formula is C23H35NO5. The van der Waals surface area contributed by atoms with Crippen LogP contribution in [0.5, 0.6) is 0 Å². The van der Waals surface area contributed by atoms with Crippen LogP contribution in [0.2, 0.25) is 0 Å². The predicted molar refractivity (Wildman–Crippen MR) is 111 cm³/mol. The van der Waals surface area contributed by atoms with Gasteiger partial charge in [-0.25, -0.2) is 4.79 Å². The molecule has 0 radical (unpaired) electrons. The third-order valence-corrected chi connectivity index (χ3v) is 4.96. The maximum atomic E-state index is 12.8. The van der Waals surface area contributed by atoms with Crippen LogP contribution in [0.25, 0.3) is 0 Å². The molecule has 0 N–H and O–H groups in total. The van der Waals surface area contributed by atoms with Gasteiger partial charge in [-0.15, -0.1) is 0 Å². The van der Waals surface area contributed by atoms with Gasteiger partial charge in [-0.2, -0.15) is 0 Å². The Kier molecular flexibility index (Phi) is 6.99. The number of amides is 1. The van der Waals surface area contributed by atoms with Gasteiger partial charge in [0.25, 0.3) is 0 Å². The molecule has 0 aromatic heterocycles. The van der Waals surface area contributed by atoms with Crippen molar-refractivity contribution >= 4 is 12.1 Å². The number of carbonyl (C=O) groups excluding carboxylic acids is 2. The summed E-state index contributed by atoms with van der Waals surface area (Å²) in [5.41, 5.74) is 0.492. The highest BCUT2D eigenvalue weighted by molar-refractivity contribution is 5.78. The van der Waals surface area contributed by atoms with E-state index in [0.717, 1.165) is 11.1 Å². The van der Waals surface area contributed by atoms with Crippen molar-refractivity contribution in [3.05, 3.63) is 35.4 Å². The van der Waals surface area contributed by atoms with Crippen molar-refractivity contribution in [2.45, 2.75) is 78.7 Å². The molecule has 0 bridgehead atoms. The van der Waals surface area contributed by atoms with E-state index in [0.29, 0.717) is 13.2 Å². The summed E-state index contributed by atoms with van der Waals surface area (Å²) in [6.07, 6.45) is -0.402. The van der Waals surface area contributed by atoms with Gasteiger partial charge in [0.2, 0.25) is 0 Å². The van der Waals surface area contributed by atoms with E-state index in [1.165, 1.54) is 0 Å². The van der Waals surface area contributed by atoms with Crippen LogP contribution < -0.4 is 0 Å². The number of rotatable bonds is 5. The summed E-state index contributed by atoms with van der Waals surface area (Å²) in [7, 11) is 0. The molecule has 6 nitrogen and oxygen atoms in total. The number of nitrogens with zero attached hydrogens (tertiary/aromatic N) is 1. The first-order chi connectivity index (χ1) is 13.4. The lowest BCUT2D eigenvalue weighted by Crippen LogP contribution is -2.47. The fourth-order valence-corrected chi connectivity index (χ4v) is 3.66. The second kappa shape index (κ2) is 8.74. The van der Waals surface area contributed by atoms with E-state index in [9.17, 15) is 9.59 Å². The van der Waals surface area contributed by atoms with Crippen LogP contribution >= 0.6 is 0 Å². The second-order valence-corrected chi connectivity index (χ2v) is 9.26. The van der Waals surface area contributed by atoms with E-state index in [4.69, 9.17) is 14.2 Å². The van der Waals surface area contributed by atoms with Crippen LogP contribution in [0.15, 0.2) is 24.3 Å². The SMILES string of the molecule is CCOC(=O)C(c1ccc([C@H]2COC(C)(C)N2C(=O)OC(C)(C)C)cc1)C(C)C. The smallest absolute Gasteiger partial charge is 0.413 e. The van der Waals surface area contributed by atoms with E-state index in [1.807, 2.05) is 79.7 Å². The van der Waals surface area contributed by atoms with Crippen molar-refractivity contribution in [1.29, 1.82) is 0 Å². The lowest BCUT2D eigenvalue weighted by Gasteiger charge is -2.35. The fraction of sp³-hybridized carbons (Fsp3) is 0.652. The zero-order valence-corrected chi connectivity index (χ0v) is 18.9. The third-order valence-electron chi connectivity index (χ3n) is 4.96. The number of carbonyl (C=O) groups is 2. The van der Waals surface area contributed by atoms with Crippen molar-refractivity contribution in [3.8, 4) is 0 Å². The van der Waals surface area contributed by atoms with Gasteiger partial charge >= 0.3 is 12.1 Å². The number of esters is 1. The van der Waals surface area contributed by atoms with Crippen molar-refractivity contribution in [2.24, 2.45) is 5.92 Å². The Bertz CT molecular complexity index is 718. The highest BCUT2D eigenvalue weighted by atomic mass is 16.6. The molecule has 1 fully saturated rings. The van der Waals surface area contributed by atoms with Crippen LogP contribution in [0, 0.1) is 5.92 Å². The van der Waals surface area contributed by atoms with Crippen molar-refractivity contribution in [1.82, 2.24) is 4.90 Å². The third kappa shape index (κ3) is 5.50. The molecule has 1 aromatic carbocycles. The van der Waals surface area contributed by atoms with Gasteiger partial charge in [0.15, 0.2) is 0 Å². The molecule has 162 valence electrons. The summed E-state index contributed by atoms with van der Waals surface area (Å²) >= 11 is 0. The van der Waals surface area contributed by atoms with E-state index in [2.05, 4.69) is 0 Å². The standard InChI is InChI=1S/C23H35NO5/c1-9-27-20(25)19(15(2)3)17-12-10-16(11-13-17)18-14-28-23(7,8)24(18)21(26)29-22(4,5)6/h10-13,15,18-19H,9,14H2,1-8H3/t18-,19?/m1/s1. The molecule has 2 atom stereocenters. The van der Waals surface area contributed by atoms with Crippen LogP contribution in [0.4, 0.5) is 4.79 Å². The molecule has 1 aromatic rings. The van der Waals surface area contributed by atoms with Crippen molar-refractivity contribution in [3.63, 3.8) is 0 Å². The monoisotopic (exact) mass is 405 g/mol. The van der Waals surface area contributed by atoms with Crippen LogP contribution in [-0.4, -0.2) is 41.5 Å². The lowest BCUT2D eigenvalue weighted by molar-refractivity contribution is -0.146. The lowest BCUT2D eigenvalue weighted by atomic mass is 9.87.